The van der Waals surface area contributed by atoms with Crippen LogP contribution in [0.15, 0.2) is 24.3 Å². The van der Waals surface area contributed by atoms with Gasteiger partial charge in [0.25, 0.3) is 0 Å². The van der Waals surface area contributed by atoms with Gasteiger partial charge in [-0.1, -0.05) is 23.7 Å². The lowest BCUT2D eigenvalue weighted by atomic mass is 10.1. The molecule has 20 heavy (non-hydrogen) atoms. The molecular formula is C15H22ClN3O. The molecule has 1 aromatic carbocycles. The average molecular weight is 296 g/mol. The fraction of sp³-hybridized carbons (Fsp3) is 0.533. The molecule has 1 aromatic rings. The van der Waals surface area contributed by atoms with Gasteiger partial charge >= 0.3 is 0 Å². The van der Waals surface area contributed by atoms with Crippen molar-refractivity contribution in [2.45, 2.75) is 25.3 Å². The molecule has 0 radical (unpaired) electrons. The maximum absolute atomic E-state index is 11.9. The van der Waals surface area contributed by atoms with Crippen LogP contribution in [0.3, 0.4) is 0 Å². The van der Waals surface area contributed by atoms with E-state index in [2.05, 4.69) is 10.2 Å². The molecule has 0 saturated heterocycles. The molecule has 0 spiro atoms. The third-order valence-corrected chi connectivity index (χ3v) is 4.14. The highest BCUT2D eigenvalue weighted by molar-refractivity contribution is 6.33. The van der Waals surface area contributed by atoms with Crippen molar-refractivity contribution in [2.75, 3.05) is 25.5 Å². The van der Waals surface area contributed by atoms with Gasteiger partial charge in [-0.3, -0.25) is 4.79 Å². The van der Waals surface area contributed by atoms with E-state index in [-0.39, 0.29) is 5.91 Å². The zero-order chi connectivity index (χ0) is 14.5. The molecular weight excluding hydrogens is 274 g/mol. The van der Waals surface area contributed by atoms with Gasteiger partial charge in [0.05, 0.1) is 10.7 Å². The van der Waals surface area contributed by atoms with Crippen LogP contribution in [0.2, 0.25) is 5.02 Å². The van der Waals surface area contributed by atoms with Crippen LogP contribution in [-0.2, 0) is 4.79 Å². The zero-order valence-corrected chi connectivity index (χ0v) is 12.6. The van der Waals surface area contributed by atoms with Gasteiger partial charge in [0, 0.05) is 25.6 Å². The maximum atomic E-state index is 11.9. The fourth-order valence-corrected chi connectivity index (χ4v) is 2.62. The van der Waals surface area contributed by atoms with Gasteiger partial charge in [0.1, 0.15) is 0 Å². The second-order valence-corrected chi connectivity index (χ2v) is 5.81. The molecule has 3 N–H and O–H groups in total. The van der Waals surface area contributed by atoms with Gasteiger partial charge in [0.15, 0.2) is 0 Å². The smallest absolute Gasteiger partial charge is 0.225 e. The predicted octanol–water partition coefficient (Wildman–Crippen LogP) is 2.34. The summed E-state index contributed by atoms with van der Waals surface area (Å²) in [4.78, 5) is 14.1. The molecule has 0 aliphatic heterocycles. The predicted molar refractivity (Wildman–Crippen MR) is 82.9 cm³/mol. The van der Waals surface area contributed by atoms with Crippen molar-refractivity contribution in [3.8, 4) is 0 Å². The number of benzene rings is 1. The molecule has 1 saturated carbocycles. The van der Waals surface area contributed by atoms with E-state index >= 15 is 0 Å². The summed E-state index contributed by atoms with van der Waals surface area (Å²) in [7, 11) is 2.04. The Bertz CT molecular complexity index is 462. The Kier molecular flexibility index (Phi) is 5.40. The van der Waals surface area contributed by atoms with E-state index in [1.54, 1.807) is 12.1 Å². The van der Waals surface area contributed by atoms with Crippen LogP contribution in [-0.4, -0.2) is 37.0 Å². The first kappa shape index (κ1) is 15.3. The summed E-state index contributed by atoms with van der Waals surface area (Å²) >= 11 is 6.01. The minimum Gasteiger partial charge on any atom is -0.329 e. The molecule has 110 valence electrons. The van der Waals surface area contributed by atoms with Gasteiger partial charge in [-0.05, 0) is 37.9 Å². The lowest BCUT2D eigenvalue weighted by Crippen LogP contribution is -2.40. The number of nitrogens with zero attached hydrogens (tertiary/aromatic N) is 1. The molecule has 1 aliphatic carbocycles. The number of carbonyl (C=O) groups excluding carboxylic acids is 1. The highest BCUT2D eigenvalue weighted by Crippen LogP contribution is 2.34. The standard InChI is InChI=1S/C15H22ClN3O/c1-19(14(10-17)11-6-7-11)9-8-15(20)18-13-5-3-2-4-12(13)16/h2-5,11,14H,6-10,17H2,1H3,(H,18,20). The van der Waals surface area contributed by atoms with Crippen molar-refractivity contribution in [3.05, 3.63) is 29.3 Å². The van der Waals surface area contributed by atoms with Crippen molar-refractivity contribution >= 4 is 23.2 Å². The molecule has 1 aliphatic rings. The Morgan fingerprint density at radius 2 is 2.20 bits per heavy atom. The Morgan fingerprint density at radius 3 is 2.80 bits per heavy atom. The number of nitrogens with one attached hydrogen (secondary N) is 1. The van der Waals surface area contributed by atoms with Crippen LogP contribution >= 0.6 is 11.6 Å². The lowest BCUT2D eigenvalue weighted by Gasteiger charge is -2.26. The molecule has 1 fully saturated rings. The summed E-state index contributed by atoms with van der Waals surface area (Å²) in [5, 5.41) is 3.40. The molecule has 1 atom stereocenters. The van der Waals surface area contributed by atoms with E-state index in [9.17, 15) is 4.79 Å². The number of hydrogen-bond acceptors (Lipinski definition) is 3. The summed E-state index contributed by atoms with van der Waals surface area (Å²) < 4.78 is 0. The van der Waals surface area contributed by atoms with Crippen molar-refractivity contribution in [2.24, 2.45) is 11.7 Å². The molecule has 0 aromatic heterocycles. The zero-order valence-electron chi connectivity index (χ0n) is 11.8. The summed E-state index contributed by atoms with van der Waals surface area (Å²) in [6, 6.07) is 7.67. The van der Waals surface area contributed by atoms with Crippen LogP contribution in [0.25, 0.3) is 0 Å². The van der Waals surface area contributed by atoms with E-state index in [1.807, 2.05) is 19.2 Å². The van der Waals surface area contributed by atoms with E-state index in [0.29, 0.717) is 36.3 Å². The van der Waals surface area contributed by atoms with Crippen molar-refractivity contribution in [1.82, 2.24) is 4.90 Å². The second-order valence-electron chi connectivity index (χ2n) is 5.40. The van der Waals surface area contributed by atoms with Crippen molar-refractivity contribution < 1.29 is 4.79 Å². The maximum Gasteiger partial charge on any atom is 0.225 e. The highest BCUT2D eigenvalue weighted by atomic mass is 35.5. The molecule has 4 nitrogen and oxygen atoms in total. The SMILES string of the molecule is CN(CCC(=O)Nc1ccccc1Cl)C(CN)C1CC1. The van der Waals surface area contributed by atoms with Gasteiger partial charge < -0.3 is 16.0 Å². The number of anilines is 1. The Labute approximate surface area is 125 Å². The number of halogens is 1. The van der Waals surface area contributed by atoms with E-state index in [1.165, 1.54) is 12.8 Å². The van der Waals surface area contributed by atoms with Crippen molar-refractivity contribution in [3.63, 3.8) is 0 Å². The minimum atomic E-state index is -0.0171. The molecule has 5 heteroatoms. The summed E-state index contributed by atoms with van der Waals surface area (Å²) in [6.07, 6.45) is 2.97. The van der Waals surface area contributed by atoms with E-state index in [4.69, 9.17) is 17.3 Å². The Morgan fingerprint density at radius 1 is 1.50 bits per heavy atom. The summed E-state index contributed by atoms with van der Waals surface area (Å²) in [5.41, 5.74) is 6.47. The molecule has 0 heterocycles. The number of hydrogen-bond donors (Lipinski definition) is 2. The largest absolute Gasteiger partial charge is 0.329 e. The number of carbonyl (C=O) groups is 1. The van der Waals surface area contributed by atoms with E-state index in [0.717, 1.165) is 5.92 Å². The lowest BCUT2D eigenvalue weighted by molar-refractivity contribution is -0.116. The number of amides is 1. The number of para-hydroxylation sites is 1. The van der Waals surface area contributed by atoms with E-state index < -0.39 is 0 Å². The van der Waals surface area contributed by atoms with Crippen LogP contribution < -0.4 is 11.1 Å². The second kappa shape index (κ2) is 7.07. The average Bonchev–Trinajstić information content (AvgIpc) is 3.25. The number of nitrogens with two attached hydrogens (primary N) is 1. The Balaban J connectivity index is 1.78. The third-order valence-electron chi connectivity index (χ3n) is 3.81. The summed E-state index contributed by atoms with van der Waals surface area (Å²) in [5.74, 6) is 0.702. The summed E-state index contributed by atoms with van der Waals surface area (Å²) in [6.45, 7) is 1.38. The van der Waals surface area contributed by atoms with Crippen LogP contribution in [0.5, 0.6) is 0 Å². The first-order valence-electron chi connectivity index (χ1n) is 7.06. The monoisotopic (exact) mass is 295 g/mol. The first-order valence-corrected chi connectivity index (χ1v) is 7.44. The Hall–Kier alpha value is -1.10. The topological polar surface area (TPSA) is 58.4 Å². The first-order chi connectivity index (χ1) is 9.61. The van der Waals surface area contributed by atoms with Gasteiger partial charge in [-0.25, -0.2) is 0 Å². The van der Waals surface area contributed by atoms with Crippen LogP contribution in [0.4, 0.5) is 5.69 Å². The quantitative estimate of drug-likeness (QED) is 0.812. The third kappa shape index (κ3) is 4.20. The van der Waals surface area contributed by atoms with Crippen LogP contribution in [0.1, 0.15) is 19.3 Å². The molecule has 1 unspecified atom stereocenters. The molecule has 0 bridgehead atoms. The van der Waals surface area contributed by atoms with Gasteiger partial charge in [0.2, 0.25) is 5.91 Å². The van der Waals surface area contributed by atoms with Crippen molar-refractivity contribution in [1.29, 1.82) is 0 Å². The normalized spacial score (nSPS) is 16.2. The fourth-order valence-electron chi connectivity index (χ4n) is 2.43. The molecule has 1 amide bonds. The number of rotatable bonds is 7. The van der Waals surface area contributed by atoms with Crippen LogP contribution in [0, 0.1) is 5.92 Å². The van der Waals surface area contributed by atoms with Gasteiger partial charge in [-0.15, -0.1) is 0 Å². The minimum absolute atomic E-state index is 0.0171. The number of likely N-dealkylation sites (N-methyl/N-ethyl adjacent to an activating group) is 1. The van der Waals surface area contributed by atoms with Gasteiger partial charge in [-0.2, -0.15) is 0 Å². The molecule has 2 rings (SSSR count). The highest BCUT2D eigenvalue weighted by Gasteiger charge is 2.32.